The van der Waals surface area contributed by atoms with Crippen molar-refractivity contribution in [1.82, 2.24) is 0 Å². The van der Waals surface area contributed by atoms with Crippen LogP contribution in [-0.2, 0) is 9.53 Å². The Hall–Kier alpha value is -0.980. The van der Waals surface area contributed by atoms with Gasteiger partial charge < -0.3 is 10.5 Å². The molecule has 0 saturated heterocycles. The van der Waals surface area contributed by atoms with Crippen molar-refractivity contribution in [3.05, 3.63) is 34.4 Å². The first kappa shape index (κ1) is 18.0. The van der Waals surface area contributed by atoms with E-state index in [4.69, 9.17) is 17.3 Å². The van der Waals surface area contributed by atoms with Crippen LogP contribution in [0.3, 0.4) is 0 Å². The minimum atomic E-state index is -2.35. The van der Waals surface area contributed by atoms with Gasteiger partial charge in [-0.15, -0.1) is 12.4 Å². The highest BCUT2D eigenvalue weighted by atomic mass is 35.5. The van der Waals surface area contributed by atoms with Gasteiger partial charge in [-0.3, -0.25) is 0 Å². The Morgan fingerprint density at radius 2 is 1.89 bits per heavy atom. The van der Waals surface area contributed by atoms with Gasteiger partial charge in [0.1, 0.15) is 11.6 Å². The third-order valence-corrected chi connectivity index (χ3v) is 2.42. The van der Waals surface area contributed by atoms with E-state index in [1.807, 2.05) is 0 Å². The van der Waals surface area contributed by atoms with Crippen LogP contribution in [0.4, 0.5) is 13.2 Å². The molecule has 1 aromatic carbocycles. The summed E-state index contributed by atoms with van der Waals surface area (Å²) in [5, 5.41) is -0.188. The van der Waals surface area contributed by atoms with Crippen LogP contribution in [0.2, 0.25) is 5.02 Å². The average Bonchev–Trinajstić information content (AvgIpc) is 2.26. The molecule has 1 rings (SSSR count). The lowest BCUT2D eigenvalue weighted by atomic mass is 10.0. The lowest BCUT2D eigenvalue weighted by molar-refractivity contribution is -0.150. The zero-order valence-corrected chi connectivity index (χ0v) is 11.4. The molecule has 0 aliphatic rings. The summed E-state index contributed by atoms with van der Waals surface area (Å²) in [4.78, 5) is 11.1. The highest BCUT2D eigenvalue weighted by Gasteiger charge is 2.32. The van der Waals surface area contributed by atoms with Gasteiger partial charge >= 0.3 is 5.97 Å². The predicted octanol–water partition coefficient (Wildman–Crippen LogP) is 2.94. The van der Waals surface area contributed by atoms with Crippen LogP contribution < -0.4 is 5.73 Å². The number of esters is 1. The lowest BCUT2D eigenvalue weighted by Gasteiger charge is -2.17. The number of carbonyl (C=O) groups is 1. The van der Waals surface area contributed by atoms with E-state index in [0.717, 1.165) is 12.1 Å². The van der Waals surface area contributed by atoms with Gasteiger partial charge in [0.05, 0.1) is 12.6 Å². The summed E-state index contributed by atoms with van der Waals surface area (Å²) in [6.07, 6.45) is -2.35. The van der Waals surface area contributed by atoms with E-state index in [1.54, 1.807) is 0 Å². The molecule has 1 unspecified atom stereocenters. The fourth-order valence-corrected chi connectivity index (χ4v) is 1.58. The summed E-state index contributed by atoms with van der Waals surface area (Å²) < 4.78 is 44.8. The number of nitrogens with two attached hydrogens (primary N) is 1. The number of hydrogen-bond acceptors (Lipinski definition) is 3. The monoisotopic (exact) mass is 317 g/mol. The van der Waals surface area contributed by atoms with E-state index in [9.17, 15) is 18.0 Å². The topological polar surface area (TPSA) is 52.3 Å². The number of rotatable bonds is 4. The van der Waals surface area contributed by atoms with Crippen LogP contribution >= 0.6 is 24.0 Å². The first-order valence-electron chi connectivity index (χ1n) is 5.09. The largest absolute Gasteiger partial charge is 0.464 e. The van der Waals surface area contributed by atoms with Crippen molar-refractivity contribution >= 4 is 30.0 Å². The van der Waals surface area contributed by atoms with Crippen molar-refractivity contribution in [3.63, 3.8) is 0 Å². The number of carbonyl (C=O) groups excluding carboxylic acids is 1. The van der Waals surface area contributed by atoms with Crippen LogP contribution in [0.25, 0.3) is 0 Å². The summed E-state index contributed by atoms with van der Waals surface area (Å²) in [6.45, 7) is 1.41. The van der Waals surface area contributed by atoms with E-state index >= 15 is 0 Å². The van der Waals surface area contributed by atoms with E-state index in [-0.39, 0.29) is 24.0 Å². The van der Waals surface area contributed by atoms with E-state index in [0.29, 0.717) is 0 Å². The molecule has 0 saturated carbocycles. The Morgan fingerprint density at radius 3 is 2.32 bits per heavy atom. The van der Waals surface area contributed by atoms with E-state index in [1.165, 1.54) is 6.92 Å². The molecule has 0 radical (unpaired) electrons. The number of benzene rings is 1. The fourth-order valence-electron chi connectivity index (χ4n) is 1.39. The van der Waals surface area contributed by atoms with E-state index in [2.05, 4.69) is 4.74 Å². The quantitative estimate of drug-likeness (QED) is 0.869. The summed E-state index contributed by atoms with van der Waals surface area (Å²) >= 11 is 5.41. The van der Waals surface area contributed by atoms with Crippen LogP contribution in [0, 0.1) is 11.6 Å². The zero-order chi connectivity index (χ0) is 13.9. The minimum Gasteiger partial charge on any atom is -0.464 e. The Balaban J connectivity index is 0.00000324. The van der Waals surface area contributed by atoms with Gasteiger partial charge in [-0.1, -0.05) is 11.6 Å². The van der Waals surface area contributed by atoms with Crippen LogP contribution in [-0.4, -0.2) is 18.7 Å². The van der Waals surface area contributed by atoms with Crippen molar-refractivity contribution < 1.29 is 22.7 Å². The molecule has 0 aliphatic carbocycles. The average molecular weight is 318 g/mol. The molecule has 2 N–H and O–H groups in total. The Kier molecular flexibility index (Phi) is 7.18. The highest BCUT2D eigenvalue weighted by Crippen LogP contribution is 2.26. The number of alkyl halides is 1. The second kappa shape index (κ2) is 7.57. The van der Waals surface area contributed by atoms with Gasteiger partial charge in [0.2, 0.25) is 6.17 Å². The van der Waals surface area contributed by atoms with Crippen LogP contribution in [0.1, 0.15) is 18.5 Å². The maximum absolute atomic E-state index is 13.6. The standard InChI is InChI=1S/C11H11ClF3NO2.ClH/c1-2-18-11(17)9(15)10(16)8-6(13)3-5(12)4-7(8)14;/h3-4,9-10H,2,16H2,1H3;1H/t9?,10-;/m0./s1. The highest BCUT2D eigenvalue weighted by molar-refractivity contribution is 6.30. The molecule has 0 bridgehead atoms. The molecule has 8 heteroatoms. The summed E-state index contributed by atoms with van der Waals surface area (Å²) in [5.41, 5.74) is 4.59. The van der Waals surface area contributed by atoms with Crippen LogP contribution in [0.15, 0.2) is 12.1 Å². The van der Waals surface area contributed by atoms with Crippen molar-refractivity contribution in [2.75, 3.05) is 6.61 Å². The number of hydrogen-bond donors (Lipinski definition) is 1. The third kappa shape index (κ3) is 4.26. The Morgan fingerprint density at radius 1 is 1.42 bits per heavy atom. The van der Waals surface area contributed by atoms with Gasteiger partial charge in [0.15, 0.2) is 0 Å². The SMILES string of the molecule is CCOC(=O)C(F)[C@@H](N)c1c(F)cc(Cl)cc1F.Cl. The molecule has 0 spiro atoms. The smallest absolute Gasteiger partial charge is 0.342 e. The first-order chi connectivity index (χ1) is 8.38. The molecule has 0 heterocycles. The minimum absolute atomic E-state index is 0. The molecule has 108 valence electrons. The van der Waals surface area contributed by atoms with Gasteiger partial charge in [0.25, 0.3) is 0 Å². The normalized spacial score (nSPS) is 13.4. The van der Waals surface area contributed by atoms with Crippen molar-refractivity contribution in [1.29, 1.82) is 0 Å². The molecule has 1 aromatic rings. The van der Waals surface area contributed by atoms with Crippen LogP contribution in [0.5, 0.6) is 0 Å². The van der Waals surface area contributed by atoms with Crippen molar-refractivity contribution in [2.24, 2.45) is 5.73 Å². The van der Waals surface area contributed by atoms with Gasteiger partial charge in [-0.05, 0) is 19.1 Å². The molecular weight excluding hydrogens is 306 g/mol. The maximum Gasteiger partial charge on any atom is 0.342 e. The van der Waals surface area contributed by atoms with Gasteiger partial charge in [-0.2, -0.15) is 0 Å². The second-order valence-corrected chi connectivity index (χ2v) is 3.90. The summed E-state index contributed by atoms with van der Waals surface area (Å²) in [7, 11) is 0. The molecule has 0 fully saturated rings. The number of halogens is 5. The first-order valence-corrected chi connectivity index (χ1v) is 5.47. The molecule has 0 aliphatic heterocycles. The Bertz CT molecular complexity index is 437. The van der Waals surface area contributed by atoms with E-state index < -0.39 is 35.4 Å². The summed E-state index contributed by atoms with van der Waals surface area (Å²) in [5.74, 6) is -3.49. The molecule has 0 aromatic heterocycles. The van der Waals surface area contributed by atoms with Crippen molar-refractivity contribution in [3.8, 4) is 0 Å². The van der Waals surface area contributed by atoms with Gasteiger partial charge in [-0.25, -0.2) is 18.0 Å². The molecule has 0 amide bonds. The molecular formula is C11H12Cl2F3NO2. The maximum atomic E-state index is 13.6. The molecule has 19 heavy (non-hydrogen) atoms. The predicted molar refractivity (Wildman–Crippen MR) is 67.1 cm³/mol. The zero-order valence-electron chi connectivity index (χ0n) is 9.83. The molecule has 2 atom stereocenters. The van der Waals surface area contributed by atoms with Crippen molar-refractivity contribution in [2.45, 2.75) is 19.1 Å². The van der Waals surface area contributed by atoms with Gasteiger partial charge in [0, 0.05) is 10.6 Å². The fraction of sp³-hybridized carbons (Fsp3) is 0.364. The lowest BCUT2D eigenvalue weighted by Crippen LogP contribution is -2.32. The third-order valence-electron chi connectivity index (χ3n) is 2.20. The Labute approximate surface area is 119 Å². The number of ether oxygens (including phenoxy) is 1. The second-order valence-electron chi connectivity index (χ2n) is 3.46. The molecule has 3 nitrogen and oxygen atoms in total. The summed E-state index contributed by atoms with van der Waals surface area (Å²) in [6, 6.07) is -0.212.